The molecule has 1 fully saturated rings. The fourth-order valence-corrected chi connectivity index (χ4v) is 3.03. The van der Waals surface area contributed by atoms with Crippen molar-refractivity contribution < 1.29 is 0 Å². The van der Waals surface area contributed by atoms with Crippen molar-refractivity contribution in [3.8, 4) is 0 Å². The largest absolute Gasteiger partial charge is 0.298 e. The van der Waals surface area contributed by atoms with E-state index in [-0.39, 0.29) is 0 Å². The number of aromatic nitrogens is 1. The molecule has 1 saturated carbocycles. The maximum atomic E-state index is 4.34. The van der Waals surface area contributed by atoms with Gasteiger partial charge < -0.3 is 0 Å². The topological polar surface area (TPSA) is 16.1 Å². The molecule has 1 heterocycles. The summed E-state index contributed by atoms with van der Waals surface area (Å²) in [6.45, 7) is 5.76. The van der Waals surface area contributed by atoms with Crippen LogP contribution in [-0.2, 0) is 6.54 Å². The van der Waals surface area contributed by atoms with E-state index in [0.717, 1.165) is 12.6 Å². The van der Waals surface area contributed by atoms with Crippen molar-refractivity contribution in [3.05, 3.63) is 16.6 Å². The van der Waals surface area contributed by atoms with Crippen molar-refractivity contribution in [2.75, 3.05) is 7.05 Å². The van der Waals surface area contributed by atoms with Gasteiger partial charge in [-0.2, -0.15) is 0 Å². The fraction of sp³-hybridized carbons (Fsp3) is 0.750. The molecule has 1 aromatic rings. The van der Waals surface area contributed by atoms with Crippen LogP contribution in [0.2, 0.25) is 0 Å². The number of hydrogen-bond acceptors (Lipinski definition) is 3. The van der Waals surface area contributed by atoms with Crippen LogP contribution in [0, 0.1) is 5.41 Å². The van der Waals surface area contributed by atoms with Crippen LogP contribution in [0.5, 0.6) is 0 Å². The maximum absolute atomic E-state index is 4.34. The highest BCUT2D eigenvalue weighted by Gasteiger charge is 2.32. The van der Waals surface area contributed by atoms with E-state index < -0.39 is 0 Å². The molecule has 0 aromatic carbocycles. The Hall–Kier alpha value is -0.410. The fourth-order valence-electron chi connectivity index (χ4n) is 2.48. The third kappa shape index (κ3) is 2.79. The van der Waals surface area contributed by atoms with Crippen molar-refractivity contribution in [2.24, 2.45) is 5.41 Å². The Kier molecular flexibility index (Phi) is 3.12. The van der Waals surface area contributed by atoms with E-state index >= 15 is 0 Å². The lowest BCUT2D eigenvalue weighted by atomic mass is 9.91. The van der Waals surface area contributed by atoms with Crippen LogP contribution in [-0.4, -0.2) is 23.0 Å². The summed E-state index contributed by atoms with van der Waals surface area (Å²) in [5.41, 5.74) is 3.68. The first kappa shape index (κ1) is 11.1. The van der Waals surface area contributed by atoms with Gasteiger partial charge in [0.2, 0.25) is 0 Å². The molecule has 0 bridgehead atoms. The molecule has 1 aromatic heterocycles. The van der Waals surface area contributed by atoms with E-state index in [9.17, 15) is 0 Å². The van der Waals surface area contributed by atoms with Gasteiger partial charge in [0.05, 0.1) is 11.2 Å². The van der Waals surface area contributed by atoms with Gasteiger partial charge in [-0.15, -0.1) is 11.3 Å². The molecule has 2 nitrogen and oxygen atoms in total. The summed E-state index contributed by atoms with van der Waals surface area (Å²) in [7, 11) is 2.23. The minimum atomic E-state index is 0.543. The van der Waals surface area contributed by atoms with Crippen molar-refractivity contribution in [3.63, 3.8) is 0 Å². The molecule has 0 spiro atoms. The molecular formula is C12H20N2S. The summed E-state index contributed by atoms with van der Waals surface area (Å²) in [6.07, 6.45) is 4.03. The van der Waals surface area contributed by atoms with Gasteiger partial charge >= 0.3 is 0 Å². The first-order valence-corrected chi connectivity index (χ1v) is 6.58. The van der Waals surface area contributed by atoms with E-state index in [1.807, 2.05) is 5.51 Å². The molecular weight excluding hydrogens is 204 g/mol. The quantitative estimate of drug-likeness (QED) is 0.784. The molecule has 15 heavy (non-hydrogen) atoms. The minimum Gasteiger partial charge on any atom is -0.298 e. The zero-order chi connectivity index (χ0) is 10.9. The number of nitrogens with zero attached hydrogens (tertiary/aromatic N) is 2. The smallest absolute Gasteiger partial charge is 0.0795 e. The molecule has 1 aliphatic rings. The molecule has 84 valence electrons. The van der Waals surface area contributed by atoms with Crippen LogP contribution >= 0.6 is 11.3 Å². The van der Waals surface area contributed by atoms with Crippen LogP contribution < -0.4 is 0 Å². The molecule has 1 aliphatic carbocycles. The van der Waals surface area contributed by atoms with Gasteiger partial charge in [0.15, 0.2) is 0 Å². The monoisotopic (exact) mass is 224 g/mol. The normalized spacial score (nSPS) is 24.9. The molecule has 2 rings (SSSR count). The Labute approximate surface area is 96.3 Å². The average Bonchev–Trinajstić information content (AvgIpc) is 2.74. The summed E-state index contributed by atoms with van der Waals surface area (Å²) >= 11 is 1.69. The highest BCUT2D eigenvalue weighted by atomic mass is 32.1. The molecule has 1 atom stereocenters. The Bertz CT molecular complexity index is 305. The van der Waals surface area contributed by atoms with Gasteiger partial charge in [-0.1, -0.05) is 13.8 Å². The molecule has 0 aliphatic heterocycles. The lowest BCUT2D eigenvalue weighted by molar-refractivity contribution is 0.218. The number of hydrogen-bond donors (Lipinski definition) is 0. The number of rotatable bonds is 3. The average molecular weight is 224 g/mol. The third-order valence-electron chi connectivity index (χ3n) is 3.46. The van der Waals surface area contributed by atoms with E-state index in [1.165, 1.54) is 25.0 Å². The van der Waals surface area contributed by atoms with Crippen molar-refractivity contribution in [2.45, 2.75) is 45.7 Å². The third-order valence-corrected chi connectivity index (χ3v) is 4.10. The summed E-state index contributed by atoms with van der Waals surface area (Å²) in [6, 6.07) is 0.752. The van der Waals surface area contributed by atoms with Crippen LogP contribution in [0.4, 0.5) is 0 Å². The maximum Gasteiger partial charge on any atom is 0.0795 e. The van der Waals surface area contributed by atoms with Crippen molar-refractivity contribution >= 4 is 11.3 Å². The van der Waals surface area contributed by atoms with E-state index in [0.29, 0.717) is 5.41 Å². The molecule has 0 amide bonds. The van der Waals surface area contributed by atoms with Gasteiger partial charge in [0.1, 0.15) is 0 Å². The minimum absolute atomic E-state index is 0.543. The van der Waals surface area contributed by atoms with E-state index in [4.69, 9.17) is 0 Å². The summed E-state index contributed by atoms with van der Waals surface area (Å²) in [5.74, 6) is 0. The number of thiazole rings is 1. The first-order valence-electron chi connectivity index (χ1n) is 5.64. The van der Waals surface area contributed by atoms with Gasteiger partial charge in [-0.05, 0) is 31.7 Å². The second kappa shape index (κ2) is 4.22. The predicted molar refractivity (Wildman–Crippen MR) is 65.0 cm³/mol. The lowest BCUT2D eigenvalue weighted by Gasteiger charge is -2.25. The molecule has 0 saturated heterocycles. The molecule has 0 N–H and O–H groups in total. The highest BCUT2D eigenvalue weighted by Crippen LogP contribution is 2.39. The first-order chi connectivity index (χ1) is 7.07. The second-order valence-electron chi connectivity index (χ2n) is 5.46. The Balaban J connectivity index is 1.90. The highest BCUT2D eigenvalue weighted by molar-refractivity contribution is 7.07. The van der Waals surface area contributed by atoms with Gasteiger partial charge in [-0.25, -0.2) is 4.98 Å². The van der Waals surface area contributed by atoms with Crippen LogP contribution in [0.1, 0.15) is 38.8 Å². The SMILES string of the molecule is CN(Cc1cscn1)C1CCC(C)(C)C1. The molecule has 0 radical (unpaired) electrons. The lowest BCUT2D eigenvalue weighted by Crippen LogP contribution is -2.29. The van der Waals surface area contributed by atoms with Crippen LogP contribution in [0.3, 0.4) is 0 Å². The van der Waals surface area contributed by atoms with Crippen LogP contribution in [0.25, 0.3) is 0 Å². The Morgan fingerprint density at radius 3 is 2.93 bits per heavy atom. The van der Waals surface area contributed by atoms with Gasteiger partial charge in [0.25, 0.3) is 0 Å². The predicted octanol–water partition coefficient (Wildman–Crippen LogP) is 3.15. The second-order valence-corrected chi connectivity index (χ2v) is 6.17. The van der Waals surface area contributed by atoms with E-state index in [2.05, 4.69) is 36.2 Å². The summed E-state index contributed by atoms with van der Waals surface area (Å²) in [4.78, 5) is 6.80. The summed E-state index contributed by atoms with van der Waals surface area (Å²) in [5, 5.41) is 2.15. The van der Waals surface area contributed by atoms with Crippen molar-refractivity contribution in [1.82, 2.24) is 9.88 Å². The molecule has 3 heteroatoms. The van der Waals surface area contributed by atoms with Gasteiger partial charge in [0, 0.05) is 18.0 Å². The molecule has 1 unspecified atom stereocenters. The van der Waals surface area contributed by atoms with E-state index in [1.54, 1.807) is 11.3 Å². The Morgan fingerprint density at radius 1 is 1.60 bits per heavy atom. The van der Waals surface area contributed by atoms with Crippen molar-refractivity contribution in [1.29, 1.82) is 0 Å². The zero-order valence-corrected chi connectivity index (χ0v) is 10.7. The Morgan fingerprint density at radius 2 is 2.40 bits per heavy atom. The zero-order valence-electron chi connectivity index (χ0n) is 9.86. The van der Waals surface area contributed by atoms with Crippen LogP contribution in [0.15, 0.2) is 10.9 Å². The standard InChI is InChI=1S/C12H20N2S/c1-12(2)5-4-11(6-12)14(3)7-10-8-15-9-13-10/h8-9,11H,4-7H2,1-3H3. The summed E-state index contributed by atoms with van der Waals surface area (Å²) < 4.78 is 0. The van der Waals surface area contributed by atoms with Gasteiger partial charge in [-0.3, -0.25) is 4.90 Å².